The Labute approximate surface area is 158 Å². The monoisotopic (exact) mass is 395 g/mol. The third-order valence-electron chi connectivity index (χ3n) is 3.38. The highest BCUT2D eigenvalue weighted by Gasteiger charge is 2.17. The highest BCUT2D eigenvalue weighted by molar-refractivity contribution is 7.85. The first-order valence-electron chi connectivity index (χ1n) is 7.74. The van der Waals surface area contributed by atoms with Gasteiger partial charge in [0.25, 0.3) is 5.91 Å². The highest BCUT2D eigenvalue weighted by atomic mass is 35.5. The van der Waals surface area contributed by atoms with Gasteiger partial charge in [-0.2, -0.15) is 0 Å². The maximum absolute atomic E-state index is 12.2. The quantitative estimate of drug-likeness (QED) is 0.727. The smallest absolute Gasteiger partial charge is 0.339 e. The molecule has 0 aliphatic heterocycles. The Morgan fingerprint density at radius 1 is 1.19 bits per heavy atom. The van der Waals surface area contributed by atoms with Gasteiger partial charge in [0.2, 0.25) is 0 Å². The van der Waals surface area contributed by atoms with E-state index < -0.39 is 29.3 Å². The molecule has 1 N–H and O–H groups in total. The topological polar surface area (TPSA) is 81.7 Å². The molecule has 26 heavy (non-hydrogen) atoms. The molecule has 6 nitrogen and oxygen atoms in total. The zero-order valence-corrected chi connectivity index (χ0v) is 15.9. The van der Waals surface area contributed by atoms with Crippen LogP contribution in [0.5, 0.6) is 5.75 Å². The van der Waals surface area contributed by atoms with Crippen molar-refractivity contribution < 1.29 is 23.3 Å². The highest BCUT2D eigenvalue weighted by Crippen LogP contribution is 2.27. The lowest BCUT2D eigenvalue weighted by Crippen LogP contribution is -2.21. The molecule has 2 aromatic rings. The fraction of sp³-hybridized carbons (Fsp3) is 0.222. The van der Waals surface area contributed by atoms with E-state index in [0.29, 0.717) is 27.1 Å². The molecule has 1 atom stereocenters. The minimum Gasteiger partial charge on any atom is -0.495 e. The molecule has 2 aromatic carbocycles. The maximum atomic E-state index is 12.2. The van der Waals surface area contributed by atoms with E-state index in [2.05, 4.69) is 5.32 Å². The van der Waals surface area contributed by atoms with E-state index in [1.807, 2.05) is 0 Å². The van der Waals surface area contributed by atoms with Gasteiger partial charge in [0.1, 0.15) is 5.75 Å². The molecule has 138 valence electrons. The van der Waals surface area contributed by atoms with Crippen molar-refractivity contribution in [3.05, 3.63) is 53.1 Å². The summed E-state index contributed by atoms with van der Waals surface area (Å²) < 4.78 is 22.1. The van der Waals surface area contributed by atoms with Gasteiger partial charge in [0, 0.05) is 11.4 Å². The summed E-state index contributed by atoms with van der Waals surface area (Å²) in [4.78, 5) is 24.6. The fourth-order valence-electron chi connectivity index (χ4n) is 2.14. The predicted molar refractivity (Wildman–Crippen MR) is 100 cm³/mol. The van der Waals surface area contributed by atoms with E-state index in [4.69, 9.17) is 21.1 Å². The number of hydrogen-bond acceptors (Lipinski definition) is 5. The second-order valence-electron chi connectivity index (χ2n) is 5.10. The summed E-state index contributed by atoms with van der Waals surface area (Å²) in [5.74, 6) is -0.362. The van der Waals surface area contributed by atoms with Gasteiger partial charge in [-0.3, -0.25) is 9.00 Å². The van der Waals surface area contributed by atoms with E-state index in [-0.39, 0.29) is 5.56 Å². The molecule has 0 saturated heterocycles. The van der Waals surface area contributed by atoms with Crippen LogP contribution in [0.2, 0.25) is 5.02 Å². The number of rotatable bonds is 7. The summed E-state index contributed by atoms with van der Waals surface area (Å²) in [6, 6.07) is 11.2. The van der Waals surface area contributed by atoms with Gasteiger partial charge in [0.05, 0.1) is 33.4 Å². The summed E-state index contributed by atoms with van der Waals surface area (Å²) in [5.41, 5.74) is 0.636. The first kappa shape index (κ1) is 19.9. The molecule has 0 radical (unpaired) electrons. The fourth-order valence-corrected chi connectivity index (χ4v) is 3.34. The van der Waals surface area contributed by atoms with Crippen LogP contribution in [0.15, 0.2) is 47.4 Å². The van der Waals surface area contributed by atoms with Crippen LogP contribution in [0.25, 0.3) is 0 Å². The lowest BCUT2D eigenvalue weighted by molar-refractivity contribution is -0.119. The van der Waals surface area contributed by atoms with Crippen LogP contribution < -0.4 is 10.1 Å². The third kappa shape index (κ3) is 5.06. The number of carbonyl (C=O) groups is 2. The number of ether oxygens (including phenoxy) is 2. The predicted octanol–water partition coefficient (Wildman–Crippen LogP) is 3.27. The van der Waals surface area contributed by atoms with E-state index in [1.54, 1.807) is 37.3 Å². The Hall–Kier alpha value is -2.38. The van der Waals surface area contributed by atoms with Crippen LogP contribution in [0.3, 0.4) is 0 Å². The van der Waals surface area contributed by atoms with E-state index in [9.17, 15) is 13.8 Å². The molecule has 0 saturated carbocycles. The Bertz CT molecular complexity index is 840. The molecular formula is C18H18ClNO5S. The number of benzene rings is 2. The normalized spacial score (nSPS) is 11.5. The Balaban J connectivity index is 1.98. The van der Waals surface area contributed by atoms with Gasteiger partial charge < -0.3 is 14.8 Å². The molecule has 8 heteroatoms. The summed E-state index contributed by atoms with van der Waals surface area (Å²) in [6.07, 6.45) is 0. The average Bonchev–Trinajstić information content (AvgIpc) is 2.65. The number of carbonyl (C=O) groups excluding carboxylic acids is 2. The lowest BCUT2D eigenvalue weighted by Gasteiger charge is -2.10. The van der Waals surface area contributed by atoms with E-state index >= 15 is 0 Å². The molecule has 0 spiro atoms. The lowest BCUT2D eigenvalue weighted by atomic mass is 10.2. The maximum Gasteiger partial charge on any atom is 0.339 e. The Morgan fingerprint density at radius 2 is 1.92 bits per heavy atom. The zero-order chi connectivity index (χ0) is 19.1. The van der Waals surface area contributed by atoms with Crippen molar-refractivity contribution in [2.45, 2.75) is 11.8 Å². The van der Waals surface area contributed by atoms with Crippen molar-refractivity contribution >= 4 is 40.0 Å². The minimum absolute atomic E-state index is 0.188. The third-order valence-corrected chi connectivity index (χ3v) is 5.05. The molecule has 0 aliphatic carbocycles. The van der Waals surface area contributed by atoms with Crippen molar-refractivity contribution in [2.24, 2.45) is 0 Å². The second kappa shape index (κ2) is 9.35. The summed E-state index contributed by atoms with van der Waals surface area (Å²) in [5, 5.41) is 2.92. The average molecular weight is 396 g/mol. The van der Waals surface area contributed by atoms with Crippen LogP contribution >= 0.6 is 11.6 Å². The number of hydrogen-bond donors (Lipinski definition) is 1. The van der Waals surface area contributed by atoms with Crippen LogP contribution in [0, 0.1) is 0 Å². The van der Waals surface area contributed by atoms with Crippen LogP contribution in [0.1, 0.15) is 17.3 Å². The van der Waals surface area contributed by atoms with E-state index in [1.165, 1.54) is 19.2 Å². The molecule has 0 aliphatic rings. The van der Waals surface area contributed by atoms with Gasteiger partial charge in [0.15, 0.2) is 6.61 Å². The van der Waals surface area contributed by atoms with Crippen LogP contribution in [-0.2, 0) is 20.3 Å². The first-order valence-corrected chi connectivity index (χ1v) is 9.43. The molecular weight excluding hydrogens is 378 g/mol. The number of amides is 1. The van der Waals surface area contributed by atoms with E-state index in [0.717, 1.165) is 0 Å². The molecule has 0 fully saturated rings. The van der Waals surface area contributed by atoms with Gasteiger partial charge in [-0.15, -0.1) is 0 Å². The summed E-state index contributed by atoms with van der Waals surface area (Å²) in [6.45, 7) is 1.28. The van der Waals surface area contributed by atoms with Gasteiger partial charge in [-0.25, -0.2) is 4.79 Å². The zero-order valence-electron chi connectivity index (χ0n) is 14.3. The molecule has 1 amide bonds. The Kier molecular flexibility index (Phi) is 7.17. The van der Waals surface area contributed by atoms with Crippen LogP contribution in [-0.4, -0.2) is 35.6 Å². The van der Waals surface area contributed by atoms with Gasteiger partial charge in [-0.05, 0) is 30.3 Å². The molecule has 0 unspecified atom stereocenters. The summed E-state index contributed by atoms with van der Waals surface area (Å²) in [7, 11) is 0.186. The van der Waals surface area contributed by atoms with Crippen molar-refractivity contribution in [3.8, 4) is 5.75 Å². The van der Waals surface area contributed by atoms with Crippen LogP contribution in [0.4, 0.5) is 5.69 Å². The van der Waals surface area contributed by atoms with Crippen molar-refractivity contribution in [1.29, 1.82) is 0 Å². The standard InChI is InChI=1S/C18H18ClNO5S/c1-3-26(23)16-7-5-4-6-13(16)18(22)25-11-17(21)20-12-8-9-15(24-2)14(19)10-12/h4-10H,3,11H2,1-2H3,(H,20,21)/t26-/m1/s1. The summed E-state index contributed by atoms with van der Waals surface area (Å²) >= 11 is 5.99. The molecule has 2 rings (SSSR count). The second-order valence-corrected chi connectivity index (χ2v) is 7.22. The van der Waals surface area contributed by atoms with Crippen molar-refractivity contribution in [2.75, 3.05) is 24.8 Å². The van der Waals surface area contributed by atoms with Crippen molar-refractivity contribution in [3.63, 3.8) is 0 Å². The van der Waals surface area contributed by atoms with Gasteiger partial charge >= 0.3 is 5.97 Å². The minimum atomic E-state index is -1.30. The van der Waals surface area contributed by atoms with Crippen molar-refractivity contribution in [1.82, 2.24) is 0 Å². The number of halogens is 1. The number of nitrogens with one attached hydrogen (secondary N) is 1. The molecule has 0 heterocycles. The van der Waals surface area contributed by atoms with Gasteiger partial charge in [-0.1, -0.05) is 30.7 Å². The first-order chi connectivity index (χ1) is 12.5. The number of anilines is 1. The largest absolute Gasteiger partial charge is 0.495 e. The molecule has 0 aromatic heterocycles. The SMILES string of the molecule is CC[S@@](=O)c1ccccc1C(=O)OCC(=O)Nc1ccc(OC)c(Cl)c1. The number of esters is 1. The number of methoxy groups -OCH3 is 1. The molecule has 0 bridgehead atoms. The Morgan fingerprint density at radius 3 is 2.58 bits per heavy atom.